The Labute approximate surface area is 216 Å². The topological polar surface area (TPSA) is 153 Å². The average molecular weight is 541 g/mol. The lowest BCUT2D eigenvalue weighted by molar-refractivity contribution is 0.0352. The van der Waals surface area contributed by atoms with Gasteiger partial charge in [0.05, 0.1) is 12.1 Å². The molecule has 4 atom stereocenters. The molecular formula is C24H21ClN6O5S. The summed E-state index contributed by atoms with van der Waals surface area (Å²) in [5.74, 6) is -0.706. The van der Waals surface area contributed by atoms with Gasteiger partial charge >= 0.3 is 0 Å². The molecule has 11 nitrogen and oxygen atoms in total. The number of nitrogens with one attached hydrogen (secondary N) is 1. The second-order valence-corrected chi connectivity index (χ2v) is 11.4. The van der Waals surface area contributed by atoms with Crippen molar-refractivity contribution in [1.82, 2.24) is 29.1 Å². The van der Waals surface area contributed by atoms with Crippen LogP contribution in [0.25, 0.3) is 22.0 Å². The number of aliphatic hydroxyl groups is 2. The Kier molecular flexibility index (Phi) is 5.73. The molecule has 190 valence electrons. The van der Waals surface area contributed by atoms with Crippen LogP contribution < -0.4 is 0 Å². The Morgan fingerprint density at radius 2 is 1.62 bits per heavy atom. The number of H-pyrrole nitrogens is 1. The summed E-state index contributed by atoms with van der Waals surface area (Å²) < 4.78 is 28.1. The first-order chi connectivity index (χ1) is 17.7. The molecule has 13 heteroatoms. The number of hydrogen-bond donors (Lipinski definition) is 3. The van der Waals surface area contributed by atoms with Crippen LogP contribution in [0.1, 0.15) is 10.6 Å². The summed E-state index contributed by atoms with van der Waals surface area (Å²) >= 11 is 6.03. The lowest BCUT2D eigenvalue weighted by Crippen LogP contribution is -2.59. The van der Waals surface area contributed by atoms with E-state index in [1.165, 1.54) is 27.7 Å². The van der Waals surface area contributed by atoms with Gasteiger partial charge in [0.25, 0.3) is 15.9 Å². The fourth-order valence-electron chi connectivity index (χ4n) is 5.01. The minimum Gasteiger partial charge on any atom is -0.388 e. The molecule has 6 rings (SSSR count). The third kappa shape index (κ3) is 3.97. The number of sulfonamides is 1. The number of carbonyl (C=O) groups excluding carboxylic acids is 1. The van der Waals surface area contributed by atoms with E-state index < -0.39 is 40.2 Å². The van der Waals surface area contributed by atoms with Crippen molar-refractivity contribution in [3.05, 3.63) is 72.0 Å². The van der Waals surface area contributed by atoms with Crippen molar-refractivity contribution in [3.8, 4) is 11.1 Å². The third-order valence-corrected chi connectivity index (χ3v) is 8.89. The van der Waals surface area contributed by atoms with Gasteiger partial charge in [0, 0.05) is 59.4 Å². The van der Waals surface area contributed by atoms with E-state index in [1.54, 1.807) is 42.7 Å². The molecule has 2 saturated heterocycles. The number of pyridine rings is 1. The number of benzene rings is 1. The first-order valence-electron chi connectivity index (χ1n) is 11.4. The number of rotatable bonds is 4. The van der Waals surface area contributed by atoms with Gasteiger partial charge in [-0.15, -0.1) is 0 Å². The highest BCUT2D eigenvalue weighted by molar-refractivity contribution is 7.89. The highest BCUT2D eigenvalue weighted by Crippen LogP contribution is 2.35. The fourth-order valence-corrected chi connectivity index (χ4v) is 6.69. The first-order valence-corrected chi connectivity index (χ1v) is 13.3. The van der Waals surface area contributed by atoms with E-state index in [0.29, 0.717) is 21.5 Å². The van der Waals surface area contributed by atoms with Gasteiger partial charge in [-0.1, -0.05) is 11.6 Å². The normalized spacial score (nSPS) is 24.0. The van der Waals surface area contributed by atoms with E-state index in [9.17, 15) is 23.4 Å². The van der Waals surface area contributed by atoms with Gasteiger partial charge in [-0.3, -0.25) is 9.78 Å². The van der Waals surface area contributed by atoms with Crippen molar-refractivity contribution in [3.63, 3.8) is 0 Å². The predicted molar refractivity (Wildman–Crippen MR) is 133 cm³/mol. The molecule has 37 heavy (non-hydrogen) atoms. The predicted octanol–water partition coefficient (Wildman–Crippen LogP) is 1.29. The van der Waals surface area contributed by atoms with Gasteiger partial charge in [-0.2, -0.15) is 4.31 Å². The molecule has 5 heterocycles. The lowest BCUT2D eigenvalue weighted by Gasteiger charge is -2.39. The zero-order valence-electron chi connectivity index (χ0n) is 19.1. The number of aliphatic hydroxyl groups excluding tert-OH is 2. The molecule has 3 aromatic heterocycles. The molecule has 0 saturated carbocycles. The monoisotopic (exact) mass is 540 g/mol. The van der Waals surface area contributed by atoms with Crippen LogP contribution in [-0.4, -0.2) is 91.1 Å². The van der Waals surface area contributed by atoms with Crippen molar-refractivity contribution < 1.29 is 23.4 Å². The molecular weight excluding hydrogens is 520 g/mol. The van der Waals surface area contributed by atoms with Crippen LogP contribution in [-0.2, 0) is 10.0 Å². The van der Waals surface area contributed by atoms with Crippen molar-refractivity contribution in [2.45, 2.75) is 29.3 Å². The average Bonchev–Trinajstić information content (AvgIpc) is 3.41. The van der Waals surface area contributed by atoms with Crippen molar-refractivity contribution in [1.29, 1.82) is 0 Å². The number of nitrogens with zero attached hydrogens (tertiary/aromatic N) is 5. The minimum atomic E-state index is -4.02. The molecule has 2 bridgehead atoms. The molecule has 4 aromatic rings. The zero-order chi connectivity index (χ0) is 25.9. The SMILES string of the molecule is O=C(c1ncc(-c2ccncc2)cn1)N1C2CN(S(=O)(=O)c3cc4cc(Cl)ccc4[nH]3)CC1C(O)C2O. The highest BCUT2D eigenvalue weighted by Gasteiger charge is 2.56. The van der Waals surface area contributed by atoms with Gasteiger partial charge in [-0.25, -0.2) is 18.4 Å². The third-order valence-electron chi connectivity index (χ3n) is 6.90. The number of halogens is 1. The van der Waals surface area contributed by atoms with Crippen LogP contribution in [0, 0.1) is 0 Å². The first kappa shape index (κ1) is 23.9. The number of fused-ring (bicyclic) bond motifs is 3. The van der Waals surface area contributed by atoms with E-state index in [2.05, 4.69) is 19.9 Å². The molecule has 1 amide bonds. The van der Waals surface area contributed by atoms with Gasteiger partial charge in [0.2, 0.25) is 5.82 Å². The number of aromatic nitrogens is 4. The molecule has 0 radical (unpaired) electrons. The van der Waals surface area contributed by atoms with Gasteiger partial charge in [-0.05, 0) is 42.0 Å². The number of aromatic amines is 1. The van der Waals surface area contributed by atoms with E-state index in [4.69, 9.17) is 11.6 Å². The maximum Gasteiger partial charge on any atom is 0.292 e. The Hall–Kier alpha value is -3.42. The Balaban J connectivity index is 1.27. The maximum atomic E-state index is 13.5. The van der Waals surface area contributed by atoms with E-state index in [1.807, 2.05) is 0 Å². The smallest absolute Gasteiger partial charge is 0.292 e. The standard InChI is InChI=1S/C24H21ClN6O5S/c25-16-1-2-17-14(7-16)8-20(29-17)37(35,36)30-11-18-21(32)22(33)19(12-30)31(18)24(34)23-27-9-15(10-28-23)13-3-5-26-6-4-13/h1-10,18-19,21-22,29,32-33H,11-12H2. The largest absolute Gasteiger partial charge is 0.388 e. The van der Waals surface area contributed by atoms with Gasteiger partial charge in [0.15, 0.2) is 0 Å². The molecule has 2 fully saturated rings. The summed E-state index contributed by atoms with van der Waals surface area (Å²) in [6, 6.07) is 8.10. The summed E-state index contributed by atoms with van der Waals surface area (Å²) in [5.41, 5.74) is 2.13. The number of piperazine rings is 1. The van der Waals surface area contributed by atoms with Crippen LogP contribution in [0.4, 0.5) is 0 Å². The molecule has 4 unspecified atom stereocenters. The van der Waals surface area contributed by atoms with Crippen LogP contribution in [0.2, 0.25) is 5.02 Å². The van der Waals surface area contributed by atoms with Crippen LogP contribution in [0.5, 0.6) is 0 Å². The minimum absolute atomic E-state index is 0.0389. The number of carbonyl (C=O) groups is 1. The van der Waals surface area contributed by atoms with Gasteiger partial charge < -0.3 is 20.1 Å². The van der Waals surface area contributed by atoms with E-state index in [-0.39, 0.29) is 23.9 Å². The van der Waals surface area contributed by atoms with Crippen molar-refractivity contribution in [2.24, 2.45) is 0 Å². The van der Waals surface area contributed by atoms with Crippen molar-refractivity contribution >= 4 is 38.4 Å². The molecule has 0 aliphatic carbocycles. The van der Waals surface area contributed by atoms with Crippen LogP contribution in [0.15, 0.2) is 66.2 Å². The molecule has 3 N–H and O–H groups in total. The van der Waals surface area contributed by atoms with E-state index in [0.717, 1.165) is 5.56 Å². The Morgan fingerprint density at radius 1 is 0.973 bits per heavy atom. The molecule has 0 spiro atoms. The summed E-state index contributed by atoms with van der Waals surface area (Å²) in [7, 11) is -4.02. The fraction of sp³-hybridized carbons (Fsp3) is 0.250. The quantitative estimate of drug-likeness (QED) is 0.350. The number of amides is 1. The lowest BCUT2D eigenvalue weighted by atomic mass is 10.1. The number of hydrogen-bond acceptors (Lipinski definition) is 8. The highest BCUT2D eigenvalue weighted by atomic mass is 35.5. The van der Waals surface area contributed by atoms with E-state index >= 15 is 0 Å². The molecule has 1 aromatic carbocycles. The van der Waals surface area contributed by atoms with Gasteiger partial charge in [0.1, 0.15) is 17.2 Å². The second-order valence-electron chi connectivity index (χ2n) is 9.05. The summed E-state index contributed by atoms with van der Waals surface area (Å²) in [6.07, 6.45) is 3.62. The Morgan fingerprint density at radius 3 is 2.27 bits per heavy atom. The summed E-state index contributed by atoms with van der Waals surface area (Å²) in [5, 5.41) is 22.5. The van der Waals surface area contributed by atoms with Crippen LogP contribution >= 0.6 is 11.6 Å². The maximum absolute atomic E-state index is 13.5. The van der Waals surface area contributed by atoms with Crippen LogP contribution in [0.3, 0.4) is 0 Å². The summed E-state index contributed by atoms with van der Waals surface area (Å²) in [4.78, 5) is 29.9. The second kappa shape index (κ2) is 8.85. The zero-order valence-corrected chi connectivity index (χ0v) is 20.7. The molecule has 2 aliphatic heterocycles. The molecule has 2 aliphatic rings. The van der Waals surface area contributed by atoms with Crippen molar-refractivity contribution in [2.75, 3.05) is 13.1 Å². The Bertz CT molecular complexity index is 1580. The summed E-state index contributed by atoms with van der Waals surface area (Å²) in [6.45, 7) is -0.401.